The molecule has 6 heteroatoms. The van der Waals surface area contributed by atoms with E-state index in [0.29, 0.717) is 24.3 Å². The van der Waals surface area contributed by atoms with Gasteiger partial charge in [-0.2, -0.15) is 10.1 Å². The molecule has 0 radical (unpaired) electrons. The molecule has 6 nitrogen and oxygen atoms in total. The standard InChI is InChI=1S/C16H19N5O/c1-13(8-11-21-10-5-9-18-21)17-12-15-19-16(22-20-15)14-6-3-2-4-7-14/h2-7,9-10,13,17H,8,11-12H2,1H3/t13-/m0/s1. The molecule has 3 aromatic rings. The largest absolute Gasteiger partial charge is 0.334 e. The van der Waals surface area contributed by atoms with E-state index in [1.807, 2.05) is 47.3 Å². The Labute approximate surface area is 129 Å². The summed E-state index contributed by atoms with van der Waals surface area (Å²) in [7, 11) is 0. The lowest BCUT2D eigenvalue weighted by atomic mass is 10.2. The molecule has 2 heterocycles. The number of benzene rings is 1. The Morgan fingerprint density at radius 1 is 1.23 bits per heavy atom. The van der Waals surface area contributed by atoms with Gasteiger partial charge >= 0.3 is 0 Å². The van der Waals surface area contributed by atoms with E-state index < -0.39 is 0 Å². The van der Waals surface area contributed by atoms with Crippen LogP contribution in [-0.4, -0.2) is 26.0 Å². The normalized spacial score (nSPS) is 12.4. The van der Waals surface area contributed by atoms with Crippen molar-refractivity contribution in [2.75, 3.05) is 0 Å². The molecule has 3 rings (SSSR count). The van der Waals surface area contributed by atoms with Crippen molar-refractivity contribution in [2.24, 2.45) is 0 Å². The van der Waals surface area contributed by atoms with Crippen LogP contribution in [0.25, 0.3) is 11.5 Å². The predicted molar refractivity (Wildman–Crippen MR) is 82.9 cm³/mol. The van der Waals surface area contributed by atoms with Crippen LogP contribution in [0, 0.1) is 0 Å². The molecule has 2 aromatic heterocycles. The van der Waals surface area contributed by atoms with Gasteiger partial charge in [0.2, 0.25) is 0 Å². The highest BCUT2D eigenvalue weighted by Crippen LogP contribution is 2.15. The number of nitrogens with zero attached hydrogens (tertiary/aromatic N) is 4. The molecule has 0 spiro atoms. The van der Waals surface area contributed by atoms with E-state index in [1.165, 1.54) is 0 Å². The van der Waals surface area contributed by atoms with Gasteiger partial charge in [-0.25, -0.2) is 0 Å². The quantitative estimate of drug-likeness (QED) is 0.725. The summed E-state index contributed by atoms with van der Waals surface area (Å²) in [5.74, 6) is 1.23. The Hall–Kier alpha value is -2.47. The van der Waals surface area contributed by atoms with Crippen LogP contribution in [0.15, 0.2) is 53.3 Å². The van der Waals surface area contributed by atoms with Gasteiger partial charge in [0.1, 0.15) is 0 Å². The van der Waals surface area contributed by atoms with E-state index in [4.69, 9.17) is 4.52 Å². The van der Waals surface area contributed by atoms with Crippen LogP contribution in [-0.2, 0) is 13.1 Å². The minimum Gasteiger partial charge on any atom is -0.334 e. The zero-order valence-corrected chi connectivity index (χ0v) is 12.5. The average Bonchev–Trinajstić information content (AvgIpc) is 3.23. The lowest BCUT2D eigenvalue weighted by molar-refractivity contribution is 0.409. The Kier molecular flexibility index (Phi) is 4.60. The summed E-state index contributed by atoms with van der Waals surface area (Å²) in [6, 6.07) is 12.1. The van der Waals surface area contributed by atoms with Crippen molar-refractivity contribution in [1.82, 2.24) is 25.2 Å². The Morgan fingerprint density at radius 2 is 2.09 bits per heavy atom. The fourth-order valence-electron chi connectivity index (χ4n) is 2.15. The van der Waals surface area contributed by atoms with Crippen molar-refractivity contribution in [1.29, 1.82) is 0 Å². The summed E-state index contributed by atoms with van der Waals surface area (Å²) in [5.41, 5.74) is 0.938. The zero-order chi connectivity index (χ0) is 15.2. The third-order valence-electron chi connectivity index (χ3n) is 3.45. The lowest BCUT2D eigenvalue weighted by Gasteiger charge is -2.11. The second kappa shape index (κ2) is 7.00. The summed E-state index contributed by atoms with van der Waals surface area (Å²) in [6.45, 7) is 3.63. The Morgan fingerprint density at radius 3 is 2.86 bits per heavy atom. The molecule has 0 aliphatic heterocycles. The van der Waals surface area contributed by atoms with E-state index in [0.717, 1.165) is 18.5 Å². The van der Waals surface area contributed by atoms with Gasteiger partial charge in [0.25, 0.3) is 5.89 Å². The third kappa shape index (κ3) is 3.79. The van der Waals surface area contributed by atoms with Crippen LogP contribution in [0.3, 0.4) is 0 Å². The molecule has 0 fully saturated rings. The van der Waals surface area contributed by atoms with Crippen molar-refractivity contribution in [3.8, 4) is 11.5 Å². The molecule has 1 aromatic carbocycles. The molecule has 0 aliphatic carbocycles. The van der Waals surface area contributed by atoms with Gasteiger partial charge < -0.3 is 9.84 Å². The van der Waals surface area contributed by atoms with E-state index in [-0.39, 0.29) is 0 Å². The zero-order valence-electron chi connectivity index (χ0n) is 12.5. The van der Waals surface area contributed by atoms with Crippen molar-refractivity contribution >= 4 is 0 Å². The molecular weight excluding hydrogens is 278 g/mol. The molecule has 22 heavy (non-hydrogen) atoms. The highest BCUT2D eigenvalue weighted by atomic mass is 16.5. The fourth-order valence-corrected chi connectivity index (χ4v) is 2.15. The van der Waals surface area contributed by atoms with Crippen molar-refractivity contribution in [3.63, 3.8) is 0 Å². The van der Waals surface area contributed by atoms with Crippen LogP contribution in [0.2, 0.25) is 0 Å². The maximum absolute atomic E-state index is 5.29. The summed E-state index contributed by atoms with van der Waals surface area (Å²) >= 11 is 0. The van der Waals surface area contributed by atoms with Crippen LogP contribution in [0.4, 0.5) is 0 Å². The number of hydrogen-bond donors (Lipinski definition) is 1. The van der Waals surface area contributed by atoms with Crippen LogP contribution in [0.1, 0.15) is 19.2 Å². The second-order valence-corrected chi connectivity index (χ2v) is 5.22. The molecular formula is C16H19N5O. The monoisotopic (exact) mass is 297 g/mol. The number of rotatable bonds is 7. The average molecular weight is 297 g/mol. The summed E-state index contributed by atoms with van der Waals surface area (Å²) in [4.78, 5) is 4.40. The van der Waals surface area contributed by atoms with Gasteiger partial charge in [-0.05, 0) is 31.5 Å². The maximum atomic E-state index is 5.29. The molecule has 0 saturated carbocycles. The molecule has 0 saturated heterocycles. The molecule has 1 atom stereocenters. The van der Waals surface area contributed by atoms with Crippen molar-refractivity contribution < 1.29 is 4.52 Å². The minimum atomic E-state index is 0.350. The first kappa shape index (κ1) is 14.5. The van der Waals surface area contributed by atoms with E-state index in [9.17, 15) is 0 Å². The van der Waals surface area contributed by atoms with Gasteiger partial charge in [0.05, 0.1) is 6.54 Å². The molecule has 1 N–H and O–H groups in total. The minimum absolute atomic E-state index is 0.350. The Balaban J connectivity index is 1.48. The molecule has 0 amide bonds. The maximum Gasteiger partial charge on any atom is 0.257 e. The van der Waals surface area contributed by atoms with Crippen LogP contribution in [0.5, 0.6) is 0 Å². The van der Waals surface area contributed by atoms with E-state index in [1.54, 1.807) is 6.20 Å². The predicted octanol–water partition coefficient (Wildman–Crippen LogP) is 2.50. The van der Waals surface area contributed by atoms with Gasteiger partial charge in [0, 0.05) is 30.5 Å². The van der Waals surface area contributed by atoms with Crippen LogP contribution >= 0.6 is 0 Å². The summed E-state index contributed by atoms with van der Waals surface area (Å²) < 4.78 is 7.22. The summed E-state index contributed by atoms with van der Waals surface area (Å²) in [5, 5.41) is 11.6. The van der Waals surface area contributed by atoms with Crippen molar-refractivity contribution in [2.45, 2.75) is 32.5 Å². The number of nitrogens with one attached hydrogen (secondary N) is 1. The SMILES string of the molecule is C[C@@H](CCn1cccn1)NCc1noc(-c2ccccc2)n1. The Bertz CT molecular complexity index is 678. The molecule has 0 aliphatic rings. The first-order chi connectivity index (χ1) is 10.8. The topological polar surface area (TPSA) is 68.8 Å². The number of hydrogen-bond acceptors (Lipinski definition) is 5. The number of aryl methyl sites for hydroxylation is 1. The number of aromatic nitrogens is 4. The highest BCUT2D eigenvalue weighted by Gasteiger charge is 2.09. The molecule has 0 bridgehead atoms. The third-order valence-corrected chi connectivity index (χ3v) is 3.45. The van der Waals surface area contributed by atoms with Gasteiger partial charge in [-0.1, -0.05) is 23.4 Å². The van der Waals surface area contributed by atoms with E-state index >= 15 is 0 Å². The van der Waals surface area contributed by atoms with Crippen molar-refractivity contribution in [3.05, 3.63) is 54.6 Å². The smallest absolute Gasteiger partial charge is 0.257 e. The molecule has 0 unspecified atom stereocenters. The fraction of sp³-hybridized carbons (Fsp3) is 0.312. The van der Waals surface area contributed by atoms with Crippen LogP contribution < -0.4 is 5.32 Å². The van der Waals surface area contributed by atoms with Gasteiger partial charge in [-0.3, -0.25) is 4.68 Å². The van der Waals surface area contributed by atoms with Gasteiger partial charge in [-0.15, -0.1) is 0 Å². The van der Waals surface area contributed by atoms with Gasteiger partial charge in [0.15, 0.2) is 5.82 Å². The first-order valence-electron chi connectivity index (χ1n) is 7.40. The second-order valence-electron chi connectivity index (χ2n) is 5.22. The highest BCUT2D eigenvalue weighted by molar-refractivity contribution is 5.51. The summed E-state index contributed by atoms with van der Waals surface area (Å²) in [6.07, 6.45) is 4.76. The first-order valence-corrected chi connectivity index (χ1v) is 7.40. The lowest BCUT2D eigenvalue weighted by Crippen LogP contribution is -2.27. The molecule has 114 valence electrons. The van der Waals surface area contributed by atoms with E-state index in [2.05, 4.69) is 27.5 Å².